The number of amides is 1. The predicted octanol–water partition coefficient (Wildman–Crippen LogP) is 1.96. The van der Waals surface area contributed by atoms with Crippen LogP contribution in [-0.4, -0.2) is 27.0 Å². The normalized spacial score (nSPS) is 12.7. The Kier molecular flexibility index (Phi) is 7.20. The van der Waals surface area contributed by atoms with E-state index in [1.807, 2.05) is 24.6 Å². The number of nitrogens with zero attached hydrogens (tertiary/aromatic N) is 1. The summed E-state index contributed by atoms with van der Waals surface area (Å²) in [4.78, 5) is 11.9. The van der Waals surface area contributed by atoms with Crippen LogP contribution in [0.25, 0.3) is 0 Å². The summed E-state index contributed by atoms with van der Waals surface area (Å²) in [6, 6.07) is 8.11. The molecule has 0 aliphatic heterocycles. The second-order valence-electron chi connectivity index (χ2n) is 5.73. The van der Waals surface area contributed by atoms with Crippen LogP contribution in [0.15, 0.2) is 24.3 Å². The van der Waals surface area contributed by atoms with Crippen LogP contribution in [0.4, 0.5) is 0 Å². The lowest BCUT2D eigenvalue weighted by molar-refractivity contribution is -0.130. The number of carbonyl (C=O) groups is 1. The average molecular weight is 338 g/mol. The monoisotopic (exact) mass is 338 g/mol. The van der Waals surface area contributed by atoms with Gasteiger partial charge >= 0.3 is 0 Å². The van der Waals surface area contributed by atoms with Crippen LogP contribution >= 0.6 is 0 Å². The summed E-state index contributed by atoms with van der Waals surface area (Å²) in [7, 11) is -3.80. The highest BCUT2D eigenvalue weighted by atomic mass is 32.2. The van der Waals surface area contributed by atoms with Gasteiger partial charge in [0.15, 0.2) is 0 Å². The van der Waals surface area contributed by atoms with Crippen LogP contribution in [0.2, 0.25) is 0 Å². The van der Waals surface area contributed by atoms with E-state index in [1.54, 1.807) is 12.1 Å². The molecule has 0 unspecified atom stereocenters. The van der Waals surface area contributed by atoms with E-state index >= 15 is 0 Å². The van der Waals surface area contributed by atoms with Crippen LogP contribution < -0.4 is 4.72 Å². The molecule has 126 valence electrons. The van der Waals surface area contributed by atoms with Gasteiger partial charge in [0.25, 0.3) is 5.91 Å². The SMILES string of the molecule is CC(C)CCO[C@@H](C)C(=O)NS(=O)(=O)Cc1ccc(C#N)cc1. The number of hydrogen-bond acceptors (Lipinski definition) is 5. The molecule has 0 aliphatic rings. The quantitative estimate of drug-likeness (QED) is 0.781. The maximum Gasteiger partial charge on any atom is 0.262 e. The highest BCUT2D eigenvalue weighted by Crippen LogP contribution is 2.08. The van der Waals surface area contributed by atoms with Gasteiger partial charge in [-0.15, -0.1) is 0 Å². The Morgan fingerprint density at radius 1 is 1.26 bits per heavy atom. The van der Waals surface area contributed by atoms with E-state index in [0.717, 1.165) is 6.42 Å². The molecule has 1 aromatic rings. The molecule has 0 aromatic heterocycles. The van der Waals surface area contributed by atoms with Crippen LogP contribution in [0.3, 0.4) is 0 Å². The van der Waals surface area contributed by atoms with Crippen molar-refractivity contribution in [3.63, 3.8) is 0 Å². The zero-order chi connectivity index (χ0) is 17.5. The van der Waals surface area contributed by atoms with Crippen molar-refractivity contribution in [1.82, 2.24) is 4.72 Å². The smallest absolute Gasteiger partial charge is 0.262 e. The molecule has 0 saturated heterocycles. The van der Waals surface area contributed by atoms with Crippen LogP contribution in [-0.2, 0) is 25.3 Å². The van der Waals surface area contributed by atoms with Crippen molar-refractivity contribution in [3.8, 4) is 6.07 Å². The standard InChI is InChI=1S/C16H22N2O4S/c1-12(2)8-9-22-13(3)16(19)18-23(20,21)11-15-6-4-14(10-17)5-7-15/h4-7,12-13H,8-9,11H2,1-3H3,(H,18,19)/t13-/m0/s1. The molecular formula is C16H22N2O4S. The van der Waals surface area contributed by atoms with E-state index in [-0.39, 0.29) is 5.75 Å². The van der Waals surface area contributed by atoms with Gasteiger partial charge in [-0.05, 0) is 37.0 Å². The number of rotatable bonds is 8. The first-order chi connectivity index (χ1) is 10.7. The van der Waals surface area contributed by atoms with Crippen molar-refractivity contribution in [3.05, 3.63) is 35.4 Å². The molecular weight excluding hydrogens is 316 g/mol. The zero-order valence-corrected chi connectivity index (χ0v) is 14.4. The Balaban J connectivity index is 2.56. The summed E-state index contributed by atoms with van der Waals surface area (Å²) in [6.45, 7) is 6.00. The lowest BCUT2D eigenvalue weighted by Gasteiger charge is -2.14. The lowest BCUT2D eigenvalue weighted by atomic mass is 10.1. The molecule has 0 spiro atoms. The van der Waals surface area contributed by atoms with Crippen molar-refractivity contribution >= 4 is 15.9 Å². The fourth-order valence-corrected chi connectivity index (χ4v) is 2.90. The molecule has 0 radical (unpaired) electrons. The van der Waals surface area contributed by atoms with Crippen molar-refractivity contribution in [1.29, 1.82) is 5.26 Å². The molecule has 0 heterocycles. The molecule has 7 heteroatoms. The molecule has 1 amide bonds. The number of nitriles is 1. The second kappa shape index (κ2) is 8.65. The molecule has 0 fully saturated rings. The first-order valence-corrected chi connectivity index (χ1v) is 9.03. The van der Waals surface area contributed by atoms with Gasteiger partial charge in [-0.3, -0.25) is 9.52 Å². The van der Waals surface area contributed by atoms with E-state index in [4.69, 9.17) is 10.00 Å². The zero-order valence-electron chi connectivity index (χ0n) is 13.6. The number of ether oxygens (including phenoxy) is 1. The number of benzene rings is 1. The van der Waals surface area contributed by atoms with Gasteiger partial charge in [0.05, 0.1) is 17.4 Å². The minimum atomic E-state index is -3.80. The topological polar surface area (TPSA) is 96.3 Å². The summed E-state index contributed by atoms with van der Waals surface area (Å²) in [6.07, 6.45) is -0.0280. The third kappa shape index (κ3) is 7.26. The summed E-state index contributed by atoms with van der Waals surface area (Å²) >= 11 is 0. The first kappa shape index (κ1) is 19.1. The Bertz CT molecular complexity index is 660. The van der Waals surface area contributed by atoms with E-state index in [2.05, 4.69) is 0 Å². The van der Waals surface area contributed by atoms with E-state index in [1.165, 1.54) is 19.1 Å². The lowest BCUT2D eigenvalue weighted by Crippen LogP contribution is -2.39. The first-order valence-electron chi connectivity index (χ1n) is 7.38. The van der Waals surface area contributed by atoms with E-state index in [9.17, 15) is 13.2 Å². The van der Waals surface area contributed by atoms with Gasteiger partial charge in [0.2, 0.25) is 10.0 Å². The van der Waals surface area contributed by atoms with Gasteiger partial charge < -0.3 is 4.74 Å². The number of sulfonamides is 1. The minimum absolute atomic E-state index is 0.330. The van der Waals surface area contributed by atoms with Gasteiger partial charge in [0.1, 0.15) is 6.10 Å². The predicted molar refractivity (Wildman–Crippen MR) is 86.8 cm³/mol. The number of nitrogens with one attached hydrogen (secondary N) is 1. The largest absolute Gasteiger partial charge is 0.369 e. The second-order valence-corrected chi connectivity index (χ2v) is 7.45. The third-order valence-electron chi connectivity index (χ3n) is 3.13. The average Bonchev–Trinajstić information content (AvgIpc) is 2.46. The Labute approximate surface area is 137 Å². The molecule has 0 aliphatic carbocycles. The maximum absolute atomic E-state index is 12.0. The van der Waals surface area contributed by atoms with Gasteiger partial charge in [-0.1, -0.05) is 26.0 Å². The maximum atomic E-state index is 12.0. The molecule has 23 heavy (non-hydrogen) atoms. The van der Waals surface area contributed by atoms with Crippen LogP contribution in [0.1, 0.15) is 38.3 Å². The molecule has 0 bridgehead atoms. The third-order valence-corrected chi connectivity index (χ3v) is 4.35. The van der Waals surface area contributed by atoms with Crippen molar-refractivity contribution in [2.45, 2.75) is 39.0 Å². The van der Waals surface area contributed by atoms with E-state index in [0.29, 0.717) is 23.7 Å². The molecule has 1 rings (SSSR count). The molecule has 1 N–H and O–H groups in total. The molecule has 0 saturated carbocycles. The van der Waals surface area contributed by atoms with Gasteiger partial charge in [0, 0.05) is 6.61 Å². The van der Waals surface area contributed by atoms with E-state index < -0.39 is 22.0 Å². The fraction of sp³-hybridized carbons (Fsp3) is 0.500. The van der Waals surface area contributed by atoms with Gasteiger partial charge in [-0.2, -0.15) is 5.26 Å². The summed E-state index contributed by atoms with van der Waals surface area (Å²) in [5.41, 5.74) is 0.944. The van der Waals surface area contributed by atoms with Crippen molar-refractivity contribution in [2.75, 3.05) is 6.61 Å². The van der Waals surface area contributed by atoms with Crippen LogP contribution in [0.5, 0.6) is 0 Å². The molecule has 6 nitrogen and oxygen atoms in total. The highest BCUT2D eigenvalue weighted by molar-refractivity contribution is 7.89. The molecule has 1 aromatic carbocycles. The Morgan fingerprint density at radius 3 is 2.39 bits per heavy atom. The van der Waals surface area contributed by atoms with Crippen molar-refractivity contribution < 1.29 is 17.9 Å². The summed E-state index contributed by atoms with van der Waals surface area (Å²) in [5.74, 6) is -0.559. The number of carbonyl (C=O) groups excluding carboxylic acids is 1. The fourth-order valence-electron chi connectivity index (χ4n) is 1.72. The summed E-state index contributed by atoms with van der Waals surface area (Å²) < 4.78 is 31.3. The Hall–Kier alpha value is -1.91. The Morgan fingerprint density at radius 2 is 1.87 bits per heavy atom. The van der Waals surface area contributed by atoms with Gasteiger partial charge in [-0.25, -0.2) is 8.42 Å². The van der Waals surface area contributed by atoms with Crippen LogP contribution in [0, 0.1) is 17.2 Å². The van der Waals surface area contributed by atoms with Crippen molar-refractivity contribution in [2.24, 2.45) is 5.92 Å². The summed E-state index contributed by atoms with van der Waals surface area (Å²) in [5, 5.41) is 8.71. The number of hydrogen-bond donors (Lipinski definition) is 1. The highest BCUT2D eigenvalue weighted by Gasteiger charge is 2.20. The minimum Gasteiger partial charge on any atom is -0.369 e. The molecule has 1 atom stereocenters.